The number of amides is 1. The Labute approximate surface area is 117 Å². The van der Waals surface area contributed by atoms with E-state index in [9.17, 15) is 17.6 Å². The van der Waals surface area contributed by atoms with Gasteiger partial charge in [0.25, 0.3) is 5.91 Å². The summed E-state index contributed by atoms with van der Waals surface area (Å²) >= 11 is 0. The van der Waals surface area contributed by atoms with Crippen LogP contribution in [0.5, 0.6) is 0 Å². The minimum absolute atomic E-state index is 0.0635. The highest BCUT2D eigenvalue weighted by Gasteiger charge is 2.20. The lowest BCUT2D eigenvalue weighted by Gasteiger charge is -2.22. The van der Waals surface area contributed by atoms with E-state index < -0.39 is 21.7 Å². The summed E-state index contributed by atoms with van der Waals surface area (Å²) in [5.41, 5.74) is -0.164. The number of nitrogens with one attached hydrogen (secondary N) is 1. The standard InChI is InChI=1S/C13H17FN2O3S/c14-12-8-10(20(15,18)19)6-7-11(12)13(17)16-9-4-2-1-3-5-9/h6-9H,1-5H2,(H,16,17)(H2,15,18,19). The van der Waals surface area contributed by atoms with Crippen LogP contribution in [0.25, 0.3) is 0 Å². The van der Waals surface area contributed by atoms with Crippen molar-refractivity contribution in [1.29, 1.82) is 0 Å². The molecule has 0 radical (unpaired) electrons. The molecule has 3 N–H and O–H groups in total. The van der Waals surface area contributed by atoms with Gasteiger partial charge in [0, 0.05) is 6.04 Å². The van der Waals surface area contributed by atoms with Crippen molar-refractivity contribution in [3.8, 4) is 0 Å². The molecule has 0 saturated heterocycles. The quantitative estimate of drug-likeness (QED) is 0.887. The summed E-state index contributed by atoms with van der Waals surface area (Å²) in [7, 11) is -3.97. The third-order valence-corrected chi connectivity index (χ3v) is 4.37. The average molecular weight is 300 g/mol. The van der Waals surface area contributed by atoms with Crippen LogP contribution in [-0.4, -0.2) is 20.4 Å². The first-order chi connectivity index (χ1) is 9.38. The van der Waals surface area contributed by atoms with E-state index in [0.717, 1.165) is 50.3 Å². The van der Waals surface area contributed by atoms with Crippen LogP contribution < -0.4 is 10.5 Å². The van der Waals surface area contributed by atoms with Crippen LogP contribution in [0, 0.1) is 5.82 Å². The number of halogens is 1. The van der Waals surface area contributed by atoms with Crippen molar-refractivity contribution in [3.05, 3.63) is 29.6 Å². The molecule has 20 heavy (non-hydrogen) atoms. The SMILES string of the molecule is NS(=O)(=O)c1ccc(C(=O)NC2CCCCC2)c(F)c1. The number of benzene rings is 1. The molecule has 1 aromatic rings. The summed E-state index contributed by atoms with van der Waals surface area (Å²) in [6.07, 6.45) is 5.05. The maximum atomic E-state index is 13.8. The van der Waals surface area contributed by atoms with E-state index in [4.69, 9.17) is 5.14 Å². The summed E-state index contributed by atoms with van der Waals surface area (Å²) in [6, 6.07) is 3.11. The molecule has 2 rings (SSSR count). The number of nitrogens with two attached hydrogens (primary N) is 1. The van der Waals surface area contributed by atoms with Gasteiger partial charge >= 0.3 is 0 Å². The number of hydrogen-bond donors (Lipinski definition) is 2. The fourth-order valence-electron chi connectivity index (χ4n) is 2.37. The Hall–Kier alpha value is -1.47. The normalized spacial score (nSPS) is 16.9. The number of hydrogen-bond acceptors (Lipinski definition) is 3. The monoisotopic (exact) mass is 300 g/mol. The highest BCUT2D eigenvalue weighted by molar-refractivity contribution is 7.89. The highest BCUT2D eigenvalue weighted by atomic mass is 32.2. The Morgan fingerprint density at radius 2 is 1.90 bits per heavy atom. The molecule has 0 bridgehead atoms. The molecule has 1 aliphatic rings. The summed E-state index contributed by atoms with van der Waals surface area (Å²) in [4.78, 5) is 11.6. The molecule has 1 aromatic carbocycles. The van der Waals surface area contributed by atoms with Crippen molar-refractivity contribution in [2.75, 3.05) is 0 Å². The fraction of sp³-hybridized carbons (Fsp3) is 0.462. The Balaban J connectivity index is 2.14. The molecule has 0 spiro atoms. The zero-order valence-electron chi connectivity index (χ0n) is 10.9. The molecule has 0 heterocycles. The lowest BCUT2D eigenvalue weighted by molar-refractivity contribution is 0.0923. The first-order valence-corrected chi connectivity index (χ1v) is 8.06. The summed E-state index contributed by atoms with van der Waals surface area (Å²) in [5.74, 6) is -1.40. The van der Waals surface area contributed by atoms with E-state index in [-0.39, 0.29) is 16.5 Å². The van der Waals surface area contributed by atoms with E-state index in [1.165, 1.54) is 0 Å². The topological polar surface area (TPSA) is 89.3 Å². The van der Waals surface area contributed by atoms with Crippen molar-refractivity contribution < 1.29 is 17.6 Å². The van der Waals surface area contributed by atoms with Gasteiger partial charge in [0.05, 0.1) is 10.5 Å². The van der Waals surface area contributed by atoms with E-state index in [1.807, 2.05) is 0 Å². The number of carbonyl (C=O) groups excluding carboxylic acids is 1. The predicted molar refractivity (Wildman–Crippen MR) is 72.1 cm³/mol. The Kier molecular flexibility index (Phi) is 4.39. The van der Waals surface area contributed by atoms with Crippen molar-refractivity contribution in [1.82, 2.24) is 5.32 Å². The molecule has 0 aliphatic heterocycles. The van der Waals surface area contributed by atoms with Gasteiger partial charge in [-0.1, -0.05) is 19.3 Å². The summed E-state index contributed by atoms with van der Waals surface area (Å²) < 4.78 is 36.0. The van der Waals surface area contributed by atoms with Crippen LogP contribution >= 0.6 is 0 Å². The second-order valence-corrected chi connectivity index (χ2v) is 6.56. The van der Waals surface area contributed by atoms with Crippen LogP contribution in [0.4, 0.5) is 4.39 Å². The van der Waals surface area contributed by atoms with Gasteiger partial charge in [-0.3, -0.25) is 4.79 Å². The number of sulfonamides is 1. The molecule has 1 saturated carbocycles. The first-order valence-electron chi connectivity index (χ1n) is 6.51. The second kappa shape index (κ2) is 5.88. The van der Waals surface area contributed by atoms with Crippen LogP contribution in [0.3, 0.4) is 0 Å². The minimum atomic E-state index is -3.97. The van der Waals surface area contributed by atoms with Crippen LogP contribution in [0.1, 0.15) is 42.5 Å². The molecule has 1 fully saturated rings. The third-order valence-electron chi connectivity index (χ3n) is 3.45. The second-order valence-electron chi connectivity index (χ2n) is 5.00. The van der Waals surface area contributed by atoms with E-state index in [0.29, 0.717) is 0 Å². The van der Waals surface area contributed by atoms with Crippen LogP contribution in [-0.2, 0) is 10.0 Å². The Morgan fingerprint density at radius 1 is 1.25 bits per heavy atom. The van der Waals surface area contributed by atoms with Gasteiger partial charge in [0.15, 0.2) is 0 Å². The molecule has 0 aromatic heterocycles. The Bertz CT molecular complexity index is 610. The van der Waals surface area contributed by atoms with E-state index in [2.05, 4.69) is 5.32 Å². The van der Waals surface area contributed by atoms with Gasteiger partial charge in [-0.25, -0.2) is 17.9 Å². The van der Waals surface area contributed by atoms with Crippen molar-refractivity contribution in [3.63, 3.8) is 0 Å². The van der Waals surface area contributed by atoms with Gasteiger partial charge in [-0.15, -0.1) is 0 Å². The van der Waals surface area contributed by atoms with Gasteiger partial charge in [-0.2, -0.15) is 0 Å². The molecule has 110 valence electrons. The molecular weight excluding hydrogens is 283 g/mol. The van der Waals surface area contributed by atoms with Gasteiger partial charge in [0.2, 0.25) is 10.0 Å². The molecule has 0 unspecified atom stereocenters. The maximum absolute atomic E-state index is 13.8. The summed E-state index contributed by atoms with van der Waals surface area (Å²) in [5, 5.41) is 7.68. The first kappa shape index (κ1) is 14.9. The Morgan fingerprint density at radius 3 is 2.45 bits per heavy atom. The molecular formula is C13H17FN2O3S. The number of primary sulfonamides is 1. The zero-order chi connectivity index (χ0) is 14.8. The van der Waals surface area contributed by atoms with Crippen LogP contribution in [0.15, 0.2) is 23.1 Å². The van der Waals surface area contributed by atoms with E-state index in [1.54, 1.807) is 0 Å². The lowest BCUT2D eigenvalue weighted by atomic mass is 9.95. The molecule has 1 amide bonds. The van der Waals surface area contributed by atoms with Crippen molar-refractivity contribution >= 4 is 15.9 Å². The van der Waals surface area contributed by atoms with Gasteiger partial charge in [0.1, 0.15) is 5.82 Å². The molecule has 5 nitrogen and oxygen atoms in total. The highest BCUT2D eigenvalue weighted by Crippen LogP contribution is 2.19. The van der Waals surface area contributed by atoms with Crippen LogP contribution in [0.2, 0.25) is 0 Å². The zero-order valence-corrected chi connectivity index (χ0v) is 11.7. The average Bonchev–Trinajstić information content (AvgIpc) is 2.38. The smallest absolute Gasteiger partial charge is 0.254 e. The fourth-order valence-corrected chi connectivity index (χ4v) is 2.89. The maximum Gasteiger partial charge on any atom is 0.254 e. The minimum Gasteiger partial charge on any atom is -0.349 e. The van der Waals surface area contributed by atoms with Crippen molar-refractivity contribution in [2.45, 2.75) is 43.0 Å². The largest absolute Gasteiger partial charge is 0.349 e. The predicted octanol–water partition coefficient (Wildman–Crippen LogP) is 1.54. The van der Waals surface area contributed by atoms with Gasteiger partial charge < -0.3 is 5.32 Å². The number of rotatable bonds is 3. The van der Waals surface area contributed by atoms with E-state index >= 15 is 0 Å². The number of carbonyl (C=O) groups is 1. The summed E-state index contributed by atoms with van der Waals surface area (Å²) in [6.45, 7) is 0. The molecule has 1 aliphatic carbocycles. The van der Waals surface area contributed by atoms with Crippen molar-refractivity contribution in [2.24, 2.45) is 5.14 Å². The third kappa shape index (κ3) is 3.55. The lowest BCUT2D eigenvalue weighted by Crippen LogP contribution is -2.36. The molecule has 7 heteroatoms. The molecule has 0 atom stereocenters. The van der Waals surface area contributed by atoms with Gasteiger partial charge in [-0.05, 0) is 31.0 Å².